The van der Waals surface area contributed by atoms with Gasteiger partial charge in [-0.2, -0.15) is 0 Å². The maximum absolute atomic E-state index is 12.6. The van der Waals surface area contributed by atoms with Gasteiger partial charge in [0.05, 0.1) is 24.7 Å². The maximum Gasteiger partial charge on any atom is 0.226 e. The van der Waals surface area contributed by atoms with Crippen LogP contribution in [0.4, 0.5) is 0 Å². The molecule has 1 aliphatic rings. The number of hydrogen-bond acceptors (Lipinski definition) is 3. The quantitative estimate of drug-likeness (QED) is 0.849. The molecule has 1 fully saturated rings. The molecule has 1 amide bonds. The fourth-order valence-electron chi connectivity index (χ4n) is 3.08. The standard InChI is InChI=1S/C18H27NO3/c1-13(2)11-15(12-20)19-18(21)16-9-6-10-22-17(16)14-7-4-3-5-8-14/h3-5,7-8,13,15-17,20H,6,9-12H2,1-2H3,(H,19,21). The molecule has 1 saturated heterocycles. The molecule has 0 radical (unpaired) electrons. The third-order valence-corrected chi connectivity index (χ3v) is 4.11. The van der Waals surface area contributed by atoms with E-state index in [9.17, 15) is 9.90 Å². The van der Waals surface area contributed by atoms with E-state index in [1.807, 2.05) is 30.3 Å². The third kappa shape index (κ3) is 4.55. The summed E-state index contributed by atoms with van der Waals surface area (Å²) in [5.41, 5.74) is 1.05. The molecule has 0 spiro atoms. The smallest absolute Gasteiger partial charge is 0.226 e. The minimum absolute atomic E-state index is 0.00625. The second kappa shape index (κ2) is 8.30. The summed E-state index contributed by atoms with van der Waals surface area (Å²) in [6, 6.07) is 9.74. The first kappa shape index (κ1) is 17.0. The van der Waals surface area contributed by atoms with Crippen molar-refractivity contribution in [3.8, 4) is 0 Å². The van der Waals surface area contributed by atoms with Crippen LogP contribution in [0.15, 0.2) is 30.3 Å². The van der Waals surface area contributed by atoms with Crippen LogP contribution < -0.4 is 5.32 Å². The molecule has 0 aromatic heterocycles. The van der Waals surface area contributed by atoms with Crippen molar-refractivity contribution >= 4 is 5.91 Å². The zero-order valence-electron chi connectivity index (χ0n) is 13.5. The number of aliphatic hydroxyl groups excluding tert-OH is 1. The minimum Gasteiger partial charge on any atom is -0.394 e. The van der Waals surface area contributed by atoms with Crippen LogP contribution in [0.3, 0.4) is 0 Å². The van der Waals surface area contributed by atoms with Gasteiger partial charge in [-0.1, -0.05) is 44.2 Å². The lowest BCUT2D eigenvalue weighted by molar-refractivity contribution is -0.135. The lowest BCUT2D eigenvalue weighted by atomic mass is 9.88. The van der Waals surface area contributed by atoms with E-state index in [0.717, 1.165) is 24.8 Å². The van der Waals surface area contributed by atoms with E-state index in [1.54, 1.807) is 0 Å². The first-order valence-electron chi connectivity index (χ1n) is 8.19. The van der Waals surface area contributed by atoms with E-state index in [1.165, 1.54) is 0 Å². The fourth-order valence-corrected chi connectivity index (χ4v) is 3.08. The number of carbonyl (C=O) groups is 1. The zero-order chi connectivity index (χ0) is 15.9. The fraction of sp³-hybridized carbons (Fsp3) is 0.611. The molecule has 2 N–H and O–H groups in total. The van der Waals surface area contributed by atoms with Crippen molar-refractivity contribution in [2.24, 2.45) is 11.8 Å². The normalized spacial score (nSPS) is 23.3. The summed E-state index contributed by atoms with van der Waals surface area (Å²) < 4.78 is 5.87. The van der Waals surface area contributed by atoms with Crippen molar-refractivity contribution in [1.29, 1.82) is 0 Å². The van der Waals surface area contributed by atoms with Gasteiger partial charge < -0.3 is 15.2 Å². The van der Waals surface area contributed by atoms with Crippen molar-refractivity contribution in [2.45, 2.75) is 45.3 Å². The van der Waals surface area contributed by atoms with Crippen LogP contribution in [-0.2, 0) is 9.53 Å². The Morgan fingerprint density at radius 3 is 2.73 bits per heavy atom. The molecular weight excluding hydrogens is 278 g/mol. The average molecular weight is 305 g/mol. The molecule has 122 valence electrons. The van der Waals surface area contributed by atoms with Crippen LogP contribution in [0.25, 0.3) is 0 Å². The van der Waals surface area contributed by atoms with Gasteiger partial charge in [-0.3, -0.25) is 4.79 Å². The summed E-state index contributed by atoms with van der Waals surface area (Å²) in [6.07, 6.45) is 2.32. The van der Waals surface area contributed by atoms with E-state index >= 15 is 0 Å². The SMILES string of the molecule is CC(C)CC(CO)NC(=O)C1CCCOC1c1ccccc1. The summed E-state index contributed by atoms with van der Waals surface area (Å²) in [7, 11) is 0. The first-order valence-corrected chi connectivity index (χ1v) is 8.19. The molecule has 0 saturated carbocycles. The average Bonchev–Trinajstić information content (AvgIpc) is 2.54. The van der Waals surface area contributed by atoms with Gasteiger partial charge in [0.2, 0.25) is 5.91 Å². The van der Waals surface area contributed by atoms with Crippen LogP contribution in [0.2, 0.25) is 0 Å². The van der Waals surface area contributed by atoms with Crippen molar-refractivity contribution < 1.29 is 14.6 Å². The number of aliphatic hydroxyl groups is 1. The molecule has 1 aromatic rings. The van der Waals surface area contributed by atoms with Gasteiger partial charge in [-0.15, -0.1) is 0 Å². The monoisotopic (exact) mass is 305 g/mol. The predicted octanol–water partition coefficient (Wildman–Crippen LogP) is 2.68. The minimum atomic E-state index is -0.187. The highest BCUT2D eigenvalue weighted by Gasteiger charge is 2.33. The molecule has 1 aliphatic heterocycles. The molecular formula is C18H27NO3. The third-order valence-electron chi connectivity index (χ3n) is 4.11. The number of nitrogens with one attached hydrogen (secondary N) is 1. The van der Waals surface area contributed by atoms with Gasteiger partial charge in [-0.25, -0.2) is 0 Å². The second-order valence-electron chi connectivity index (χ2n) is 6.47. The van der Waals surface area contributed by atoms with Gasteiger partial charge in [0, 0.05) is 6.61 Å². The van der Waals surface area contributed by atoms with Gasteiger partial charge in [0.1, 0.15) is 0 Å². The number of benzene rings is 1. The second-order valence-corrected chi connectivity index (χ2v) is 6.47. The van der Waals surface area contributed by atoms with Gasteiger partial charge >= 0.3 is 0 Å². The van der Waals surface area contributed by atoms with Crippen molar-refractivity contribution in [3.05, 3.63) is 35.9 Å². The molecule has 0 bridgehead atoms. The van der Waals surface area contributed by atoms with Gasteiger partial charge in [-0.05, 0) is 30.7 Å². The predicted molar refractivity (Wildman–Crippen MR) is 86.3 cm³/mol. The lowest BCUT2D eigenvalue weighted by Crippen LogP contribution is -2.44. The first-order chi connectivity index (χ1) is 10.6. The largest absolute Gasteiger partial charge is 0.394 e. The molecule has 3 atom stereocenters. The number of amides is 1. The Morgan fingerprint density at radius 1 is 1.36 bits per heavy atom. The Balaban J connectivity index is 2.05. The Kier molecular flexibility index (Phi) is 6.40. The Labute approximate surface area is 132 Å². The zero-order valence-corrected chi connectivity index (χ0v) is 13.5. The topological polar surface area (TPSA) is 58.6 Å². The molecule has 4 nitrogen and oxygen atoms in total. The van der Waals surface area contributed by atoms with Gasteiger partial charge in [0.15, 0.2) is 0 Å². The number of ether oxygens (including phenoxy) is 1. The number of hydrogen-bond donors (Lipinski definition) is 2. The summed E-state index contributed by atoms with van der Waals surface area (Å²) in [4.78, 5) is 12.6. The van der Waals surface area contributed by atoms with Crippen molar-refractivity contribution in [1.82, 2.24) is 5.32 Å². The molecule has 3 unspecified atom stereocenters. The van der Waals surface area contributed by atoms with E-state index in [-0.39, 0.29) is 30.6 Å². The van der Waals surface area contributed by atoms with Crippen molar-refractivity contribution in [2.75, 3.05) is 13.2 Å². The summed E-state index contributed by atoms with van der Waals surface area (Å²) >= 11 is 0. The van der Waals surface area contributed by atoms with Crippen LogP contribution in [0, 0.1) is 11.8 Å². The molecule has 4 heteroatoms. The molecule has 2 rings (SSSR count). The molecule has 22 heavy (non-hydrogen) atoms. The molecule has 0 aliphatic carbocycles. The van der Waals surface area contributed by atoms with E-state index < -0.39 is 0 Å². The van der Waals surface area contributed by atoms with Crippen LogP contribution in [0.5, 0.6) is 0 Å². The highest BCUT2D eigenvalue weighted by molar-refractivity contribution is 5.80. The Morgan fingerprint density at radius 2 is 2.09 bits per heavy atom. The van der Waals surface area contributed by atoms with Gasteiger partial charge in [0.25, 0.3) is 0 Å². The Hall–Kier alpha value is -1.39. The van der Waals surface area contributed by atoms with Crippen LogP contribution in [0.1, 0.15) is 44.8 Å². The molecule has 1 heterocycles. The lowest BCUT2D eigenvalue weighted by Gasteiger charge is -2.32. The summed E-state index contributed by atoms with van der Waals surface area (Å²) in [6.45, 7) is 4.85. The number of carbonyl (C=O) groups excluding carboxylic acids is 1. The maximum atomic E-state index is 12.6. The van der Waals surface area contributed by atoms with E-state index in [0.29, 0.717) is 12.5 Å². The van der Waals surface area contributed by atoms with Crippen LogP contribution >= 0.6 is 0 Å². The van der Waals surface area contributed by atoms with E-state index in [2.05, 4.69) is 19.2 Å². The van der Waals surface area contributed by atoms with E-state index in [4.69, 9.17) is 4.74 Å². The van der Waals surface area contributed by atoms with Crippen molar-refractivity contribution in [3.63, 3.8) is 0 Å². The highest BCUT2D eigenvalue weighted by atomic mass is 16.5. The van der Waals surface area contributed by atoms with Crippen LogP contribution in [-0.4, -0.2) is 30.3 Å². The highest BCUT2D eigenvalue weighted by Crippen LogP contribution is 2.33. The summed E-state index contributed by atoms with van der Waals surface area (Å²) in [5, 5.41) is 12.5. The summed E-state index contributed by atoms with van der Waals surface area (Å²) in [5.74, 6) is 0.246. The molecule has 1 aromatic carbocycles. The Bertz CT molecular complexity index is 461. The number of rotatable bonds is 6.